The summed E-state index contributed by atoms with van der Waals surface area (Å²) in [6.45, 7) is 4.33. The summed E-state index contributed by atoms with van der Waals surface area (Å²) < 4.78 is 22.4. The fraction of sp³-hybridized carbons (Fsp3) is 0.318. The molecule has 2 heterocycles. The zero-order valence-electron chi connectivity index (χ0n) is 16.3. The molecule has 0 unspecified atom stereocenters. The van der Waals surface area contributed by atoms with Crippen molar-refractivity contribution in [1.82, 2.24) is 4.90 Å². The first kappa shape index (κ1) is 18.4. The minimum Gasteiger partial charge on any atom is -0.493 e. The Hall–Kier alpha value is -2.99. The third kappa shape index (κ3) is 3.10. The Labute approximate surface area is 163 Å². The summed E-state index contributed by atoms with van der Waals surface area (Å²) in [6, 6.07) is 9.02. The number of hydrogen-bond donors (Lipinski definition) is 0. The molecule has 0 radical (unpaired) electrons. The number of ether oxygens (including phenoxy) is 3. The number of methoxy groups -OCH3 is 2. The molecule has 0 fully saturated rings. The quantitative estimate of drug-likeness (QED) is 0.665. The van der Waals surface area contributed by atoms with Crippen molar-refractivity contribution in [3.8, 4) is 28.4 Å². The smallest absolute Gasteiger partial charge is 0.200 e. The molecular formula is C22H23NO5. The molecule has 1 aliphatic rings. The van der Waals surface area contributed by atoms with Crippen molar-refractivity contribution in [1.29, 1.82) is 0 Å². The van der Waals surface area contributed by atoms with Crippen molar-refractivity contribution in [2.45, 2.75) is 19.9 Å². The number of benzene rings is 2. The second-order valence-electron chi connectivity index (χ2n) is 6.79. The maximum atomic E-state index is 13.2. The highest BCUT2D eigenvalue weighted by atomic mass is 16.5. The molecule has 0 N–H and O–H groups in total. The van der Waals surface area contributed by atoms with Gasteiger partial charge in [-0.25, -0.2) is 0 Å². The van der Waals surface area contributed by atoms with Gasteiger partial charge in [-0.2, -0.15) is 0 Å². The Morgan fingerprint density at radius 2 is 1.93 bits per heavy atom. The molecule has 0 saturated heterocycles. The molecule has 6 nitrogen and oxygen atoms in total. The van der Waals surface area contributed by atoms with E-state index in [1.54, 1.807) is 32.4 Å². The molecule has 1 aliphatic heterocycles. The van der Waals surface area contributed by atoms with Gasteiger partial charge in [0.05, 0.1) is 30.7 Å². The average Bonchev–Trinajstić information content (AvgIpc) is 2.73. The maximum Gasteiger partial charge on any atom is 0.200 e. The number of fused-ring (bicyclic) bond motifs is 3. The van der Waals surface area contributed by atoms with Gasteiger partial charge < -0.3 is 18.6 Å². The standard InChI is InChI=1S/C22H23NO5/c1-4-9-23-11-16-18(28-13-23)8-6-15-21(24)17(12-27-22(15)16)14-5-7-19(25-2)20(10-14)26-3/h5-8,10,12H,4,9,11,13H2,1-3H3. The highest BCUT2D eigenvalue weighted by molar-refractivity contribution is 5.86. The van der Waals surface area contributed by atoms with E-state index in [0.717, 1.165) is 29.8 Å². The van der Waals surface area contributed by atoms with Gasteiger partial charge in [0.25, 0.3) is 0 Å². The molecule has 0 atom stereocenters. The minimum atomic E-state index is -0.0797. The van der Waals surface area contributed by atoms with Gasteiger partial charge in [0.1, 0.15) is 24.3 Å². The molecule has 0 spiro atoms. The van der Waals surface area contributed by atoms with Crippen molar-refractivity contribution in [3.63, 3.8) is 0 Å². The summed E-state index contributed by atoms with van der Waals surface area (Å²) in [5, 5.41) is 0.549. The van der Waals surface area contributed by atoms with Crippen molar-refractivity contribution in [2.75, 3.05) is 27.5 Å². The van der Waals surface area contributed by atoms with Gasteiger partial charge in [-0.3, -0.25) is 9.69 Å². The summed E-state index contributed by atoms with van der Waals surface area (Å²) in [4.78, 5) is 15.4. The number of hydrogen-bond acceptors (Lipinski definition) is 6. The van der Waals surface area contributed by atoms with Crippen molar-refractivity contribution >= 4 is 11.0 Å². The largest absolute Gasteiger partial charge is 0.493 e. The fourth-order valence-corrected chi connectivity index (χ4v) is 3.62. The van der Waals surface area contributed by atoms with Gasteiger partial charge in [-0.15, -0.1) is 0 Å². The summed E-state index contributed by atoms with van der Waals surface area (Å²) in [5.41, 5.74) is 2.63. The molecule has 28 heavy (non-hydrogen) atoms. The summed E-state index contributed by atoms with van der Waals surface area (Å²) >= 11 is 0. The molecule has 0 saturated carbocycles. The molecule has 2 aromatic carbocycles. The first-order valence-corrected chi connectivity index (χ1v) is 9.31. The monoisotopic (exact) mass is 381 g/mol. The second-order valence-corrected chi connectivity index (χ2v) is 6.79. The highest BCUT2D eigenvalue weighted by Gasteiger charge is 2.22. The third-order valence-corrected chi connectivity index (χ3v) is 5.02. The van der Waals surface area contributed by atoms with E-state index < -0.39 is 0 Å². The van der Waals surface area contributed by atoms with Gasteiger partial charge in [0.15, 0.2) is 11.5 Å². The van der Waals surface area contributed by atoms with Gasteiger partial charge >= 0.3 is 0 Å². The molecule has 0 bridgehead atoms. The third-order valence-electron chi connectivity index (χ3n) is 5.02. The average molecular weight is 381 g/mol. The molecular weight excluding hydrogens is 358 g/mol. The fourth-order valence-electron chi connectivity index (χ4n) is 3.62. The Bertz CT molecular complexity index is 1070. The molecule has 1 aromatic heterocycles. The molecule has 3 aromatic rings. The van der Waals surface area contributed by atoms with E-state index in [4.69, 9.17) is 18.6 Å². The lowest BCUT2D eigenvalue weighted by atomic mass is 10.0. The van der Waals surface area contributed by atoms with Crippen molar-refractivity contribution in [2.24, 2.45) is 0 Å². The van der Waals surface area contributed by atoms with Crippen LogP contribution in [0.5, 0.6) is 17.2 Å². The van der Waals surface area contributed by atoms with Crippen LogP contribution in [0.2, 0.25) is 0 Å². The van der Waals surface area contributed by atoms with Crippen LogP contribution >= 0.6 is 0 Å². The van der Waals surface area contributed by atoms with Crippen LogP contribution in [0, 0.1) is 0 Å². The van der Waals surface area contributed by atoms with E-state index in [9.17, 15) is 4.79 Å². The zero-order chi connectivity index (χ0) is 19.7. The first-order chi connectivity index (χ1) is 13.7. The van der Waals surface area contributed by atoms with Crippen molar-refractivity contribution < 1.29 is 18.6 Å². The van der Waals surface area contributed by atoms with Crippen LogP contribution in [0.4, 0.5) is 0 Å². The summed E-state index contributed by atoms with van der Waals surface area (Å²) in [5.74, 6) is 1.95. The lowest BCUT2D eigenvalue weighted by molar-refractivity contribution is 0.0958. The Morgan fingerprint density at radius 3 is 2.68 bits per heavy atom. The van der Waals surface area contributed by atoms with Crippen LogP contribution in [-0.2, 0) is 6.54 Å². The SMILES string of the molecule is CCCN1COc2ccc3c(=O)c(-c4ccc(OC)c(OC)c4)coc3c2C1. The van der Waals surface area contributed by atoms with Gasteiger partial charge in [-0.05, 0) is 36.2 Å². The van der Waals surface area contributed by atoms with Crippen LogP contribution in [0.3, 0.4) is 0 Å². The Kier molecular flexibility index (Phi) is 4.96. The first-order valence-electron chi connectivity index (χ1n) is 9.31. The molecule has 0 aliphatic carbocycles. The van der Waals surface area contributed by atoms with Crippen molar-refractivity contribution in [3.05, 3.63) is 52.4 Å². The summed E-state index contributed by atoms with van der Waals surface area (Å²) in [6.07, 6.45) is 2.56. The predicted molar refractivity (Wildman–Crippen MR) is 107 cm³/mol. The normalized spacial score (nSPS) is 13.8. The van der Waals surface area contributed by atoms with Crippen LogP contribution < -0.4 is 19.6 Å². The van der Waals surface area contributed by atoms with Gasteiger partial charge in [0.2, 0.25) is 5.43 Å². The van der Waals surface area contributed by atoms with E-state index in [-0.39, 0.29) is 5.43 Å². The van der Waals surface area contributed by atoms with Crippen LogP contribution in [0.25, 0.3) is 22.1 Å². The summed E-state index contributed by atoms with van der Waals surface area (Å²) in [7, 11) is 3.15. The minimum absolute atomic E-state index is 0.0797. The van der Waals surface area contributed by atoms with E-state index in [1.807, 2.05) is 12.1 Å². The highest BCUT2D eigenvalue weighted by Crippen LogP contribution is 2.34. The second kappa shape index (κ2) is 7.56. The lowest BCUT2D eigenvalue weighted by Crippen LogP contribution is -2.32. The number of rotatable bonds is 5. The topological polar surface area (TPSA) is 61.1 Å². The number of nitrogens with zero attached hydrogens (tertiary/aromatic N) is 1. The zero-order valence-corrected chi connectivity index (χ0v) is 16.3. The Morgan fingerprint density at radius 1 is 1.11 bits per heavy atom. The van der Waals surface area contributed by atoms with E-state index in [1.165, 1.54) is 6.26 Å². The molecule has 6 heteroatoms. The maximum absolute atomic E-state index is 13.2. The van der Waals surface area contributed by atoms with Gasteiger partial charge in [-0.1, -0.05) is 13.0 Å². The molecule has 146 valence electrons. The van der Waals surface area contributed by atoms with Crippen LogP contribution in [-0.4, -0.2) is 32.4 Å². The predicted octanol–water partition coefficient (Wildman–Crippen LogP) is 4.04. The Balaban J connectivity index is 1.82. The van der Waals surface area contributed by atoms with Crippen LogP contribution in [0.15, 0.2) is 45.8 Å². The molecule has 0 amide bonds. The van der Waals surface area contributed by atoms with Crippen LogP contribution in [0.1, 0.15) is 18.9 Å². The lowest BCUT2D eigenvalue weighted by Gasteiger charge is -2.28. The van der Waals surface area contributed by atoms with Gasteiger partial charge in [0, 0.05) is 13.1 Å². The van der Waals surface area contributed by atoms with E-state index in [2.05, 4.69) is 11.8 Å². The van der Waals surface area contributed by atoms with E-state index >= 15 is 0 Å². The van der Waals surface area contributed by atoms with E-state index in [0.29, 0.717) is 41.3 Å². The molecule has 4 rings (SSSR count).